The van der Waals surface area contributed by atoms with E-state index < -0.39 is 34.8 Å². The van der Waals surface area contributed by atoms with Crippen molar-refractivity contribution in [2.75, 3.05) is 0 Å². The van der Waals surface area contributed by atoms with Crippen LogP contribution in [-0.2, 0) is 12.8 Å². The lowest BCUT2D eigenvalue weighted by Crippen LogP contribution is -2.66. The molecule has 13 heteroatoms. The molecule has 0 bridgehead atoms. The number of carbonyl (C=O) groups is 4. The number of amides is 4. The third-order valence-electron chi connectivity index (χ3n) is 17.8. The normalized spacial score (nSPS) is 38.9. The van der Waals surface area contributed by atoms with Crippen LogP contribution in [0.2, 0.25) is 0 Å². The van der Waals surface area contributed by atoms with Gasteiger partial charge in [0, 0.05) is 34.8 Å². The standard InChI is InChI=1S/2C23H29NO5.H2O/c2*1-11-5-6-15-21(2,3)16(26)7-8-22(15,4)23(11)10-13-14(25)9-12-17(18(13)29-23)20(28)24-19(12)27;/h2*9,11,15-16,25-26H,5-8,10H2,1-4H3,(H,24,27,28);1H2/t2*11-,15+,16-,22+,23-;/m11./s1. The number of phenolic OH excluding ortho intramolecular Hbond substituents is 2. The fraction of sp³-hybridized carbons (Fsp3) is 0.652. The molecule has 4 aliphatic carbocycles. The summed E-state index contributed by atoms with van der Waals surface area (Å²) < 4.78 is 13.5. The summed E-state index contributed by atoms with van der Waals surface area (Å²) in [5.74, 6) is -0.139. The number of carbonyl (C=O) groups excluding carboxylic acids is 4. The number of benzene rings is 2. The lowest BCUT2D eigenvalue weighted by molar-refractivity contribution is -0.210. The van der Waals surface area contributed by atoms with Gasteiger partial charge in [0.05, 0.1) is 34.5 Å². The van der Waals surface area contributed by atoms with E-state index in [1.54, 1.807) is 0 Å². The van der Waals surface area contributed by atoms with Gasteiger partial charge in [-0.15, -0.1) is 0 Å². The molecule has 2 spiro atoms. The number of hydrogen-bond acceptors (Lipinski definition) is 10. The largest absolute Gasteiger partial charge is 0.508 e. The predicted molar refractivity (Wildman–Crippen MR) is 216 cm³/mol. The third-order valence-corrected chi connectivity index (χ3v) is 17.8. The molecule has 2 aromatic carbocycles. The Labute approximate surface area is 344 Å². The molecule has 59 heavy (non-hydrogen) atoms. The highest BCUT2D eigenvalue weighted by atomic mass is 16.5. The van der Waals surface area contributed by atoms with E-state index >= 15 is 0 Å². The van der Waals surface area contributed by atoms with Crippen LogP contribution in [0, 0.1) is 45.3 Å². The summed E-state index contributed by atoms with van der Waals surface area (Å²) in [5, 5.41) is 47.5. The molecule has 10 rings (SSSR count). The van der Waals surface area contributed by atoms with E-state index in [4.69, 9.17) is 9.47 Å². The second-order valence-electron chi connectivity index (χ2n) is 20.8. The maximum Gasteiger partial charge on any atom is 0.262 e. The molecule has 0 radical (unpaired) electrons. The van der Waals surface area contributed by atoms with E-state index in [2.05, 4.69) is 66.0 Å². The average Bonchev–Trinajstić information content (AvgIpc) is 3.89. The molecule has 4 aliphatic heterocycles. The predicted octanol–water partition coefficient (Wildman–Crippen LogP) is 5.54. The van der Waals surface area contributed by atoms with Gasteiger partial charge in [0.25, 0.3) is 23.6 Å². The highest BCUT2D eigenvalue weighted by Crippen LogP contribution is 2.69. The molecule has 0 unspecified atom stereocenters. The van der Waals surface area contributed by atoms with Crippen LogP contribution in [0.4, 0.5) is 0 Å². The summed E-state index contributed by atoms with van der Waals surface area (Å²) in [6.07, 6.45) is 7.35. The number of hydrogen-bond donors (Lipinski definition) is 6. The monoisotopic (exact) mass is 816 g/mol. The number of nitrogens with one attached hydrogen (secondary N) is 2. The Hall–Kier alpha value is -4.20. The molecule has 4 heterocycles. The second kappa shape index (κ2) is 12.9. The third kappa shape index (κ3) is 5.13. The minimum absolute atomic E-state index is 0. The quantitative estimate of drug-likeness (QED) is 0.182. The van der Waals surface area contributed by atoms with Crippen molar-refractivity contribution in [3.63, 3.8) is 0 Å². The Morgan fingerprint density at radius 3 is 1.29 bits per heavy atom. The van der Waals surface area contributed by atoms with Crippen molar-refractivity contribution in [3.05, 3.63) is 45.5 Å². The molecular weight excluding hydrogens is 757 g/mol. The summed E-state index contributed by atoms with van der Waals surface area (Å²) >= 11 is 0. The van der Waals surface area contributed by atoms with Crippen molar-refractivity contribution in [2.24, 2.45) is 45.3 Å². The zero-order valence-corrected chi connectivity index (χ0v) is 35.4. The van der Waals surface area contributed by atoms with Crippen LogP contribution in [-0.4, -0.2) is 72.9 Å². The molecular formula is C46H60N2O11. The van der Waals surface area contributed by atoms with E-state index in [9.17, 15) is 39.6 Å². The van der Waals surface area contributed by atoms with Crippen LogP contribution in [0.15, 0.2) is 12.1 Å². The Morgan fingerprint density at radius 1 is 0.576 bits per heavy atom. The van der Waals surface area contributed by atoms with Crippen molar-refractivity contribution < 1.29 is 54.6 Å². The molecule has 8 N–H and O–H groups in total. The molecule has 13 nitrogen and oxygen atoms in total. The highest BCUT2D eigenvalue weighted by Gasteiger charge is 2.69. The minimum atomic E-state index is -0.575. The zero-order valence-electron chi connectivity index (χ0n) is 35.4. The van der Waals surface area contributed by atoms with Crippen LogP contribution in [0.3, 0.4) is 0 Å². The fourth-order valence-corrected chi connectivity index (χ4v) is 14.3. The van der Waals surface area contributed by atoms with Crippen molar-refractivity contribution in [1.29, 1.82) is 0 Å². The maximum absolute atomic E-state index is 12.5. The maximum atomic E-state index is 12.5. The van der Waals surface area contributed by atoms with Crippen molar-refractivity contribution in [2.45, 2.75) is 143 Å². The van der Waals surface area contributed by atoms with Crippen molar-refractivity contribution >= 4 is 23.6 Å². The van der Waals surface area contributed by atoms with Crippen molar-refractivity contribution in [3.8, 4) is 23.0 Å². The topological polar surface area (TPSA) is 223 Å². The van der Waals surface area contributed by atoms with Gasteiger partial charge in [-0.2, -0.15) is 0 Å². The molecule has 8 aliphatic rings. The Morgan fingerprint density at radius 2 is 0.932 bits per heavy atom. The Bertz CT molecular complexity index is 2060. The van der Waals surface area contributed by atoms with Gasteiger partial charge in [0.2, 0.25) is 0 Å². The SMILES string of the molecule is C[C@@H]1CC[C@H]2C(C)(C)[C@H](O)CC[C@]2(C)[C@@]12Cc1c(O)cc3c(c1O2)C(=O)NC3=O.C[C@@H]1CC[C@H]2C(C)(C)[C@H](O)CC[C@]2(C)[C@@]12Cc1c(O)cc3c(c1O2)C(=O)NC3=O.O. The Balaban J connectivity index is 0.000000161. The number of aliphatic hydroxyl groups is 2. The van der Waals surface area contributed by atoms with Gasteiger partial charge in [-0.25, -0.2) is 0 Å². The van der Waals surface area contributed by atoms with Gasteiger partial charge in [0.1, 0.15) is 34.2 Å². The smallest absolute Gasteiger partial charge is 0.262 e. The first-order valence-corrected chi connectivity index (χ1v) is 21.3. The average molecular weight is 817 g/mol. The van der Waals surface area contributed by atoms with Gasteiger partial charge >= 0.3 is 0 Å². The molecule has 0 saturated heterocycles. The fourth-order valence-electron chi connectivity index (χ4n) is 14.3. The molecule has 4 fully saturated rings. The van der Waals surface area contributed by atoms with Gasteiger partial charge < -0.3 is 35.4 Å². The van der Waals surface area contributed by atoms with Gasteiger partial charge in [-0.3, -0.25) is 29.8 Å². The van der Waals surface area contributed by atoms with E-state index in [-0.39, 0.29) is 96.8 Å². The number of aliphatic hydroxyl groups excluding tert-OH is 2. The molecule has 4 saturated carbocycles. The first-order chi connectivity index (χ1) is 27.1. The second-order valence-corrected chi connectivity index (χ2v) is 20.8. The van der Waals surface area contributed by atoms with Crippen LogP contribution in [0.5, 0.6) is 23.0 Å². The summed E-state index contributed by atoms with van der Waals surface area (Å²) in [4.78, 5) is 49.3. The van der Waals surface area contributed by atoms with Crippen LogP contribution < -0.4 is 20.1 Å². The molecule has 4 amide bonds. The number of aromatic hydroxyl groups is 2. The lowest BCUT2D eigenvalue weighted by atomic mass is 9.43. The lowest BCUT2D eigenvalue weighted by Gasteiger charge is -2.64. The van der Waals surface area contributed by atoms with Crippen LogP contribution >= 0.6 is 0 Å². The van der Waals surface area contributed by atoms with Crippen LogP contribution in [0.1, 0.15) is 159 Å². The summed E-state index contributed by atoms with van der Waals surface area (Å²) in [7, 11) is 0. The molecule has 2 aromatic rings. The first-order valence-electron chi connectivity index (χ1n) is 21.3. The summed E-state index contributed by atoms with van der Waals surface area (Å²) in [6, 6.07) is 2.80. The van der Waals surface area contributed by atoms with Gasteiger partial charge in [0.15, 0.2) is 0 Å². The molecule has 320 valence electrons. The van der Waals surface area contributed by atoms with E-state index in [1.165, 1.54) is 12.1 Å². The zero-order chi connectivity index (χ0) is 41.9. The van der Waals surface area contributed by atoms with Gasteiger partial charge in [-0.05, 0) is 98.0 Å². The summed E-state index contributed by atoms with van der Waals surface area (Å²) in [6.45, 7) is 17.5. The van der Waals surface area contributed by atoms with Crippen molar-refractivity contribution in [1.82, 2.24) is 10.6 Å². The van der Waals surface area contributed by atoms with E-state index in [1.807, 2.05) is 0 Å². The highest BCUT2D eigenvalue weighted by molar-refractivity contribution is 6.24. The van der Waals surface area contributed by atoms with Gasteiger partial charge in [-0.1, -0.05) is 55.4 Å². The number of rotatable bonds is 0. The van der Waals surface area contributed by atoms with Crippen LogP contribution in [0.25, 0.3) is 0 Å². The number of ether oxygens (including phenoxy) is 2. The first kappa shape index (κ1) is 41.5. The van der Waals surface area contributed by atoms with E-state index in [0.717, 1.165) is 38.5 Å². The Kier molecular flexibility index (Phi) is 9.09. The molecule has 0 aromatic heterocycles. The van der Waals surface area contributed by atoms with E-state index in [0.29, 0.717) is 48.3 Å². The number of fused-ring (bicyclic) bond motifs is 10. The molecule has 10 atom stereocenters. The summed E-state index contributed by atoms with van der Waals surface area (Å²) in [5.41, 5.74) is 0.0853. The minimum Gasteiger partial charge on any atom is -0.508 e. The number of imide groups is 2. The number of phenols is 2.